The van der Waals surface area contributed by atoms with Crippen molar-refractivity contribution >= 4 is 35.2 Å². The van der Waals surface area contributed by atoms with Crippen LogP contribution in [0.2, 0.25) is 0 Å². The van der Waals surface area contributed by atoms with Crippen molar-refractivity contribution in [3.05, 3.63) is 85.5 Å². The fraction of sp³-hybridized carbons (Fsp3) is 0.457. The molecule has 2 aromatic rings. The van der Waals surface area contributed by atoms with Gasteiger partial charge in [0.05, 0.1) is 23.7 Å². The Morgan fingerprint density at radius 2 is 1.77 bits per heavy atom. The zero-order chi connectivity index (χ0) is 31.4. The highest BCUT2D eigenvalue weighted by molar-refractivity contribution is 8.02. The monoisotopic (exact) mass is 617 g/mol. The number of nitrogens with zero attached hydrogens (tertiary/aromatic N) is 3. The lowest BCUT2D eigenvalue weighted by Crippen LogP contribution is -2.57. The van der Waals surface area contributed by atoms with E-state index in [1.807, 2.05) is 54.6 Å². The van der Waals surface area contributed by atoms with Gasteiger partial charge in [-0.3, -0.25) is 14.4 Å². The molecule has 3 amide bonds. The van der Waals surface area contributed by atoms with Crippen LogP contribution < -0.4 is 9.64 Å². The number of aliphatic hydroxyl groups is 1. The minimum Gasteiger partial charge on any atom is -0.497 e. The van der Waals surface area contributed by atoms with Crippen molar-refractivity contribution in [3.8, 4) is 5.75 Å². The molecule has 44 heavy (non-hydrogen) atoms. The summed E-state index contributed by atoms with van der Waals surface area (Å²) in [6, 6.07) is 16.4. The number of unbranched alkanes of at least 4 members (excludes halogenated alkanes) is 1. The fourth-order valence-electron chi connectivity index (χ4n) is 7.48. The zero-order valence-electron chi connectivity index (χ0n) is 25.6. The van der Waals surface area contributed by atoms with Gasteiger partial charge in [0, 0.05) is 43.7 Å². The fourth-order valence-corrected chi connectivity index (χ4v) is 9.89. The van der Waals surface area contributed by atoms with Crippen molar-refractivity contribution in [1.29, 1.82) is 0 Å². The van der Waals surface area contributed by atoms with Crippen LogP contribution in [0.1, 0.15) is 31.7 Å². The number of fused-ring (bicyclic) bond motifs is 1. The van der Waals surface area contributed by atoms with Crippen LogP contribution in [0.3, 0.4) is 0 Å². The number of ether oxygens (including phenoxy) is 1. The van der Waals surface area contributed by atoms with Gasteiger partial charge in [0.15, 0.2) is 0 Å². The van der Waals surface area contributed by atoms with Crippen LogP contribution in [-0.2, 0) is 20.9 Å². The molecule has 9 heteroatoms. The Bertz CT molecular complexity index is 1370. The van der Waals surface area contributed by atoms with Gasteiger partial charge >= 0.3 is 0 Å². The number of aliphatic hydroxyl groups excluding tert-OH is 1. The predicted molar refractivity (Wildman–Crippen MR) is 174 cm³/mol. The van der Waals surface area contributed by atoms with E-state index in [9.17, 15) is 19.5 Å². The third-order valence-corrected chi connectivity index (χ3v) is 11.5. The molecule has 5 rings (SSSR count). The average molecular weight is 618 g/mol. The van der Waals surface area contributed by atoms with E-state index in [0.717, 1.165) is 12.0 Å². The van der Waals surface area contributed by atoms with Crippen LogP contribution in [0.25, 0.3) is 0 Å². The highest BCUT2D eigenvalue weighted by atomic mass is 32.2. The van der Waals surface area contributed by atoms with Gasteiger partial charge in [-0.15, -0.1) is 24.9 Å². The van der Waals surface area contributed by atoms with E-state index in [0.29, 0.717) is 43.9 Å². The summed E-state index contributed by atoms with van der Waals surface area (Å²) in [5, 5.41) is 9.47. The lowest BCUT2D eigenvalue weighted by Gasteiger charge is -2.41. The van der Waals surface area contributed by atoms with Gasteiger partial charge in [0.2, 0.25) is 11.8 Å². The second kappa shape index (κ2) is 13.6. The lowest BCUT2D eigenvalue weighted by atomic mass is 9.65. The van der Waals surface area contributed by atoms with Gasteiger partial charge in [-0.05, 0) is 55.0 Å². The summed E-state index contributed by atoms with van der Waals surface area (Å²) in [6.45, 7) is 11.4. The van der Waals surface area contributed by atoms with Gasteiger partial charge in [-0.2, -0.15) is 0 Å². The molecule has 3 unspecified atom stereocenters. The Morgan fingerprint density at radius 3 is 2.41 bits per heavy atom. The SMILES string of the molecule is C=CCN(Cc1ccccc1)C(=O)[C@@H]1[C@H]2C(=O)N(CCCCO)C(C(=O)N(CC=C)c3ccc(OC)cc3)C23S[C@@H]1CC3C. The Hall–Kier alpha value is -3.56. The van der Waals surface area contributed by atoms with E-state index >= 15 is 0 Å². The molecule has 3 aliphatic rings. The molecule has 0 radical (unpaired) electrons. The van der Waals surface area contributed by atoms with E-state index in [1.165, 1.54) is 0 Å². The van der Waals surface area contributed by atoms with E-state index < -0.39 is 22.6 Å². The second-order valence-electron chi connectivity index (χ2n) is 11.9. The summed E-state index contributed by atoms with van der Waals surface area (Å²) in [7, 11) is 1.60. The van der Waals surface area contributed by atoms with Crippen LogP contribution in [0.5, 0.6) is 5.75 Å². The lowest BCUT2D eigenvalue weighted by molar-refractivity contribution is -0.144. The molecule has 8 nitrogen and oxygen atoms in total. The summed E-state index contributed by atoms with van der Waals surface area (Å²) >= 11 is 1.68. The Labute approximate surface area is 264 Å². The number of likely N-dealkylation sites (tertiary alicyclic amines) is 1. The number of amides is 3. The van der Waals surface area contributed by atoms with Crippen molar-refractivity contribution in [2.45, 2.75) is 48.8 Å². The smallest absolute Gasteiger partial charge is 0.251 e. The van der Waals surface area contributed by atoms with Crippen molar-refractivity contribution < 1.29 is 24.2 Å². The minimum atomic E-state index is -0.745. The van der Waals surface area contributed by atoms with Crippen LogP contribution in [0, 0.1) is 17.8 Å². The Kier molecular flexibility index (Phi) is 9.85. The first-order valence-electron chi connectivity index (χ1n) is 15.4. The van der Waals surface area contributed by atoms with E-state index in [1.54, 1.807) is 45.7 Å². The molecule has 1 spiro atoms. The number of rotatable bonds is 14. The van der Waals surface area contributed by atoms with Gasteiger partial charge in [0.25, 0.3) is 5.91 Å². The first-order chi connectivity index (χ1) is 21.3. The summed E-state index contributed by atoms with van der Waals surface area (Å²) in [4.78, 5) is 49.0. The molecule has 3 heterocycles. The number of anilines is 1. The van der Waals surface area contributed by atoms with Crippen molar-refractivity contribution in [2.75, 3.05) is 38.3 Å². The summed E-state index contributed by atoms with van der Waals surface area (Å²) < 4.78 is 4.59. The molecular formula is C35H43N3O5S. The summed E-state index contributed by atoms with van der Waals surface area (Å²) in [5.74, 6) is -0.765. The first-order valence-corrected chi connectivity index (χ1v) is 16.3. The molecule has 2 bridgehead atoms. The largest absolute Gasteiger partial charge is 0.497 e. The molecule has 234 valence electrons. The van der Waals surface area contributed by atoms with E-state index in [-0.39, 0.29) is 42.0 Å². The summed E-state index contributed by atoms with van der Waals surface area (Å²) in [6.07, 6.45) is 5.27. The second-order valence-corrected chi connectivity index (χ2v) is 13.5. The van der Waals surface area contributed by atoms with Crippen LogP contribution in [-0.4, -0.2) is 82.0 Å². The minimum absolute atomic E-state index is 0.00793. The average Bonchev–Trinajstić information content (AvgIpc) is 3.63. The van der Waals surface area contributed by atoms with Crippen molar-refractivity contribution in [1.82, 2.24) is 9.80 Å². The van der Waals surface area contributed by atoms with Gasteiger partial charge < -0.3 is 24.5 Å². The van der Waals surface area contributed by atoms with Crippen LogP contribution >= 0.6 is 11.8 Å². The molecule has 1 N–H and O–H groups in total. The number of methoxy groups -OCH3 is 1. The van der Waals surface area contributed by atoms with E-state index in [4.69, 9.17) is 4.74 Å². The molecule has 3 saturated heterocycles. The number of benzene rings is 2. The number of thioether (sulfide) groups is 1. The predicted octanol–water partition coefficient (Wildman–Crippen LogP) is 4.54. The van der Waals surface area contributed by atoms with Crippen LogP contribution in [0.15, 0.2) is 79.9 Å². The zero-order valence-corrected chi connectivity index (χ0v) is 26.5. The molecule has 3 aliphatic heterocycles. The van der Waals surface area contributed by atoms with Crippen LogP contribution in [0.4, 0.5) is 5.69 Å². The maximum absolute atomic E-state index is 14.8. The Balaban J connectivity index is 1.54. The number of hydrogen-bond donors (Lipinski definition) is 1. The third kappa shape index (κ3) is 5.56. The normalized spacial score (nSPS) is 26.8. The molecule has 2 aromatic carbocycles. The maximum atomic E-state index is 14.8. The standard InChI is InChI=1S/C35H43N3O5S/c1-5-18-36(23-25-12-8-7-9-13-25)32(40)29-28-22-24(3)35(44-28)30(29)33(41)38(20-10-11-21-39)31(35)34(42)37(19-6-2)26-14-16-27(43-4)17-15-26/h5-9,12-17,24,28-31,39H,1-2,10-11,18-23H2,3-4H3/t24?,28-,29+,30+,31?,35?/m1/s1. The molecule has 0 saturated carbocycles. The highest BCUT2D eigenvalue weighted by Crippen LogP contribution is 2.69. The summed E-state index contributed by atoms with van der Waals surface area (Å²) in [5.41, 5.74) is 1.70. The number of carbonyl (C=O) groups is 3. The maximum Gasteiger partial charge on any atom is 0.251 e. The molecule has 3 fully saturated rings. The molecule has 0 aliphatic carbocycles. The Morgan fingerprint density at radius 1 is 1.07 bits per heavy atom. The van der Waals surface area contributed by atoms with Crippen molar-refractivity contribution in [3.63, 3.8) is 0 Å². The van der Waals surface area contributed by atoms with Crippen molar-refractivity contribution in [2.24, 2.45) is 17.8 Å². The number of carbonyl (C=O) groups excluding carboxylic acids is 3. The van der Waals surface area contributed by atoms with E-state index in [2.05, 4.69) is 20.1 Å². The molecule has 6 atom stereocenters. The third-order valence-electron chi connectivity index (χ3n) is 9.41. The quantitative estimate of drug-likeness (QED) is 0.247. The number of hydrogen-bond acceptors (Lipinski definition) is 6. The van der Waals surface area contributed by atoms with Gasteiger partial charge in [-0.25, -0.2) is 0 Å². The topological polar surface area (TPSA) is 90.4 Å². The molecule has 0 aromatic heterocycles. The highest BCUT2D eigenvalue weighted by Gasteiger charge is 2.76. The van der Waals surface area contributed by atoms with Gasteiger partial charge in [0.1, 0.15) is 11.8 Å². The van der Waals surface area contributed by atoms with Gasteiger partial charge in [-0.1, -0.05) is 49.4 Å². The molecular weight excluding hydrogens is 574 g/mol. The first kappa shape index (κ1) is 31.9.